The van der Waals surface area contributed by atoms with Crippen LogP contribution < -0.4 is 15.4 Å². The number of ether oxygens (including phenoxy) is 2. The molecule has 0 atom stereocenters. The summed E-state index contributed by atoms with van der Waals surface area (Å²) in [6, 6.07) is 19.3. The fourth-order valence-electron chi connectivity index (χ4n) is 3.50. The van der Waals surface area contributed by atoms with Gasteiger partial charge in [-0.15, -0.1) is 0 Å². The van der Waals surface area contributed by atoms with Crippen molar-refractivity contribution in [3.8, 4) is 11.5 Å². The summed E-state index contributed by atoms with van der Waals surface area (Å²) in [5.41, 5.74) is 1.28. The van der Waals surface area contributed by atoms with Crippen molar-refractivity contribution in [1.82, 2.24) is 9.62 Å². The van der Waals surface area contributed by atoms with Gasteiger partial charge in [0.15, 0.2) is 5.75 Å². The quantitative estimate of drug-likeness (QED) is 0.469. The Morgan fingerprint density at radius 3 is 2.43 bits per heavy atom. The van der Waals surface area contributed by atoms with Crippen molar-refractivity contribution in [2.75, 3.05) is 38.2 Å². The smallest absolute Gasteiger partial charge is 0.243 e. The summed E-state index contributed by atoms with van der Waals surface area (Å²) in [5, 5.41) is 5.79. The first-order valence-corrected chi connectivity index (χ1v) is 12.6. The van der Waals surface area contributed by atoms with E-state index >= 15 is 0 Å². The molecule has 0 radical (unpaired) electrons. The van der Waals surface area contributed by atoms with E-state index in [1.165, 1.54) is 46.8 Å². The van der Waals surface area contributed by atoms with E-state index < -0.39 is 15.8 Å². The van der Waals surface area contributed by atoms with Crippen molar-refractivity contribution in [3.63, 3.8) is 0 Å². The molecule has 10 heteroatoms. The van der Waals surface area contributed by atoms with Crippen LogP contribution in [0.2, 0.25) is 0 Å². The van der Waals surface area contributed by atoms with Crippen LogP contribution in [0.3, 0.4) is 0 Å². The lowest BCUT2D eigenvalue weighted by atomic mass is 10.2. The summed E-state index contributed by atoms with van der Waals surface area (Å²) in [7, 11) is -3.76. The number of benzene rings is 3. The first kappa shape index (κ1) is 24.6. The number of carbonyl (C=O) groups is 1. The second kappa shape index (κ2) is 11.3. The third-order valence-corrected chi connectivity index (χ3v) is 7.27. The highest BCUT2D eigenvalue weighted by Gasteiger charge is 2.27. The molecule has 35 heavy (non-hydrogen) atoms. The van der Waals surface area contributed by atoms with Crippen LogP contribution in [0.15, 0.2) is 77.7 Å². The average Bonchev–Trinajstić information content (AvgIpc) is 2.89. The molecule has 1 amide bonds. The van der Waals surface area contributed by atoms with Gasteiger partial charge < -0.3 is 20.1 Å². The Bertz CT molecular complexity index is 1250. The third-order valence-electron chi connectivity index (χ3n) is 5.37. The Balaban J connectivity index is 1.52. The molecule has 0 spiro atoms. The summed E-state index contributed by atoms with van der Waals surface area (Å²) in [5.74, 6) is -0.0130. The molecule has 1 fully saturated rings. The van der Waals surface area contributed by atoms with Crippen LogP contribution in [0.1, 0.15) is 5.56 Å². The second-order valence-corrected chi connectivity index (χ2v) is 9.78. The molecular weight excluding hydrogens is 473 g/mol. The molecule has 0 saturated carbocycles. The largest absolute Gasteiger partial charge is 0.455 e. The molecule has 4 rings (SSSR count). The molecule has 1 aliphatic rings. The van der Waals surface area contributed by atoms with Crippen molar-refractivity contribution in [1.29, 1.82) is 0 Å². The molecule has 184 valence electrons. The lowest BCUT2D eigenvalue weighted by Gasteiger charge is -2.26. The fourth-order valence-corrected chi connectivity index (χ4v) is 4.93. The van der Waals surface area contributed by atoms with Crippen molar-refractivity contribution in [3.05, 3.63) is 84.2 Å². The Kier molecular flexibility index (Phi) is 7.96. The first-order valence-electron chi connectivity index (χ1n) is 11.1. The maximum Gasteiger partial charge on any atom is 0.243 e. The molecule has 0 aliphatic carbocycles. The molecule has 0 bridgehead atoms. The summed E-state index contributed by atoms with van der Waals surface area (Å²) in [6.07, 6.45) is 0. The molecule has 0 aromatic heterocycles. The van der Waals surface area contributed by atoms with E-state index in [0.717, 1.165) is 5.56 Å². The van der Waals surface area contributed by atoms with Gasteiger partial charge in [-0.25, -0.2) is 12.8 Å². The summed E-state index contributed by atoms with van der Waals surface area (Å²) in [4.78, 5) is 12.5. The third kappa shape index (κ3) is 6.56. The number of rotatable bonds is 9. The lowest BCUT2D eigenvalue weighted by molar-refractivity contribution is -0.119. The van der Waals surface area contributed by atoms with E-state index in [2.05, 4.69) is 10.6 Å². The van der Waals surface area contributed by atoms with Crippen LogP contribution >= 0.6 is 0 Å². The monoisotopic (exact) mass is 499 g/mol. The summed E-state index contributed by atoms with van der Waals surface area (Å²) >= 11 is 0. The van der Waals surface area contributed by atoms with Gasteiger partial charge in [0.2, 0.25) is 15.9 Å². The lowest BCUT2D eigenvalue weighted by Crippen LogP contribution is -2.40. The minimum atomic E-state index is -3.76. The van der Waals surface area contributed by atoms with Gasteiger partial charge in [0, 0.05) is 19.6 Å². The Morgan fingerprint density at radius 2 is 1.71 bits per heavy atom. The zero-order valence-electron chi connectivity index (χ0n) is 18.9. The van der Waals surface area contributed by atoms with E-state index in [0.29, 0.717) is 36.9 Å². The van der Waals surface area contributed by atoms with Gasteiger partial charge in [-0.3, -0.25) is 4.79 Å². The van der Waals surface area contributed by atoms with Crippen LogP contribution in [0, 0.1) is 5.82 Å². The zero-order chi connectivity index (χ0) is 24.7. The van der Waals surface area contributed by atoms with Crippen LogP contribution in [-0.4, -0.2) is 51.5 Å². The standard InChI is InChI=1S/C25H26FN3O5S/c26-20-6-8-21(9-7-20)34-24-11-10-22(35(31,32)29-12-14-33-15-13-29)16-23(24)27-18-25(30)28-17-19-4-2-1-3-5-19/h1-11,16,27H,12-15,17-18H2,(H,28,30). The van der Waals surface area contributed by atoms with Gasteiger partial charge in [-0.1, -0.05) is 30.3 Å². The molecule has 3 aromatic rings. The highest BCUT2D eigenvalue weighted by molar-refractivity contribution is 7.89. The van der Waals surface area contributed by atoms with Gasteiger partial charge in [-0.2, -0.15) is 4.31 Å². The molecule has 3 aromatic carbocycles. The van der Waals surface area contributed by atoms with Gasteiger partial charge in [0.1, 0.15) is 11.6 Å². The fraction of sp³-hybridized carbons (Fsp3) is 0.240. The van der Waals surface area contributed by atoms with E-state index in [-0.39, 0.29) is 30.4 Å². The van der Waals surface area contributed by atoms with Crippen molar-refractivity contribution in [2.45, 2.75) is 11.4 Å². The van der Waals surface area contributed by atoms with Crippen molar-refractivity contribution < 1.29 is 27.1 Å². The van der Waals surface area contributed by atoms with Gasteiger partial charge in [-0.05, 0) is 48.0 Å². The van der Waals surface area contributed by atoms with Crippen LogP contribution in [0.25, 0.3) is 0 Å². The number of halogens is 1. The number of morpholine rings is 1. The van der Waals surface area contributed by atoms with Gasteiger partial charge in [0.25, 0.3) is 0 Å². The zero-order valence-corrected chi connectivity index (χ0v) is 19.8. The highest BCUT2D eigenvalue weighted by Crippen LogP contribution is 2.33. The molecule has 0 unspecified atom stereocenters. The maximum absolute atomic E-state index is 13.3. The topological polar surface area (TPSA) is 97.0 Å². The predicted molar refractivity (Wildman–Crippen MR) is 129 cm³/mol. The number of hydrogen-bond acceptors (Lipinski definition) is 6. The average molecular weight is 500 g/mol. The molecule has 8 nitrogen and oxygen atoms in total. The van der Waals surface area contributed by atoms with Crippen LogP contribution in [0.5, 0.6) is 11.5 Å². The van der Waals surface area contributed by atoms with Crippen molar-refractivity contribution >= 4 is 21.6 Å². The second-order valence-electron chi connectivity index (χ2n) is 7.85. The van der Waals surface area contributed by atoms with Crippen molar-refractivity contribution in [2.24, 2.45) is 0 Å². The van der Waals surface area contributed by atoms with E-state index in [1.807, 2.05) is 30.3 Å². The van der Waals surface area contributed by atoms with Crippen LogP contribution in [0.4, 0.5) is 10.1 Å². The summed E-state index contributed by atoms with van der Waals surface area (Å²) in [6.45, 7) is 1.45. The van der Waals surface area contributed by atoms with Gasteiger partial charge >= 0.3 is 0 Å². The minimum absolute atomic E-state index is 0.0676. The van der Waals surface area contributed by atoms with E-state index in [4.69, 9.17) is 9.47 Å². The first-order chi connectivity index (χ1) is 16.9. The normalized spacial score (nSPS) is 14.3. The maximum atomic E-state index is 13.3. The number of hydrogen-bond donors (Lipinski definition) is 2. The van der Waals surface area contributed by atoms with E-state index in [1.54, 1.807) is 0 Å². The van der Waals surface area contributed by atoms with E-state index in [9.17, 15) is 17.6 Å². The molecule has 1 saturated heterocycles. The molecular formula is C25H26FN3O5S. The Morgan fingerprint density at radius 1 is 1.00 bits per heavy atom. The van der Waals surface area contributed by atoms with Crippen LogP contribution in [-0.2, 0) is 26.1 Å². The summed E-state index contributed by atoms with van der Waals surface area (Å²) < 4.78 is 52.0. The number of anilines is 1. The SMILES string of the molecule is O=C(CNc1cc(S(=O)(=O)N2CCOCC2)ccc1Oc1ccc(F)cc1)NCc1ccccc1. The number of nitrogens with one attached hydrogen (secondary N) is 2. The Labute approximate surface area is 203 Å². The number of amides is 1. The number of nitrogens with zero attached hydrogens (tertiary/aromatic N) is 1. The minimum Gasteiger partial charge on any atom is -0.455 e. The Hall–Kier alpha value is -3.47. The molecule has 1 aliphatic heterocycles. The number of carbonyl (C=O) groups excluding carboxylic acids is 1. The number of sulfonamides is 1. The van der Waals surface area contributed by atoms with Gasteiger partial charge in [0.05, 0.1) is 30.3 Å². The predicted octanol–water partition coefficient (Wildman–Crippen LogP) is 3.37. The molecule has 2 N–H and O–H groups in total. The highest BCUT2D eigenvalue weighted by atomic mass is 32.2. The molecule has 1 heterocycles.